The van der Waals surface area contributed by atoms with Gasteiger partial charge in [-0.05, 0) is 43.3 Å². The van der Waals surface area contributed by atoms with Crippen molar-refractivity contribution in [3.63, 3.8) is 0 Å². The summed E-state index contributed by atoms with van der Waals surface area (Å²) in [5.74, 6) is -0.128. The van der Waals surface area contributed by atoms with Gasteiger partial charge in [-0.1, -0.05) is 18.2 Å². The summed E-state index contributed by atoms with van der Waals surface area (Å²) >= 11 is 0. The summed E-state index contributed by atoms with van der Waals surface area (Å²) < 4.78 is 36.2. The average molecular weight is 401 g/mol. The molecular weight excluding hydrogens is 382 g/mol. The summed E-state index contributed by atoms with van der Waals surface area (Å²) in [6, 6.07) is 14.7. The Labute approximate surface area is 162 Å². The molecule has 146 valence electrons. The number of sulfonamides is 1. The summed E-state index contributed by atoms with van der Waals surface area (Å²) in [5.41, 5.74) is 0.977. The van der Waals surface area contributed by atoms with Gasteiger partial charge in [0.25, 0.3) is 5.89 Å². The van der Waals surface area contributed by atoms with Crippen molar-refractivity contribution in [2.24, 2.45) is 0 Å². The van der Waals surface area contributed by atoms with Gasteiger partial charge in [0.05, 0.1) is 10.5 Å². The first-order chi connectivity index (χ1) is 13.3. The lowest BCUT2D eigenvalue weighted by molar-refractivity contribution is 0.0279. The third-order valence-corrected chi connectivity index (χ3v) is 5.79. The zero-order chi connectivity index (χ0) is 20.3. The van der Waals surface area contributed by atoms with E-state index in [-0.39, 0.29) is 16.3 Å². The first-order valence-electron chi connectivity index (χ1n) is 8.41. The Balaban J connectivity index is 1.70. The Morgan fingerprint density at radius 1 is 1.04 bits per heavy atom. The standard InChI is InChI=1S/C19H19N3O5S/c1-13(17-20-21-18(27-17)14-7-5-4-6-8-14)26-19(23)15-9-11-16(12-10-15)28(24,25)22(2)3/h4-13H,1-3H3/t13-/m1/s1. The van der Waals surface area contributed by atoms with Crippen LogP contribution in [0, 0.1) is 0 Å². The van der Waals surface area contributed by atoms with E-state index in [9.17, 15) is 13.2 Å². The Morgan fingerprint density at radius 2 is 1.68 bits per heavy atom. The number of ether oxygens (including phenoxy) is 1. The van der Waals surface area contributed by atoms with E-state index < -0.39 is 22.1 Å². The van der Waals surface area contributed by atoms with Crippen LogP contribution < -0.4 is 0 Å². The minimum Gasteiger partial charge on any atom is -0.449 e. The molecular formula is C19H19N3O5S. The molecule has 1 aromatic heterocycles. The van der Waals surface area contributed by atoms with E-state index in [0.717, 1.165) is 9.87 Å². The lowest BCUT2D eigenvalue weighted by atomic mass is 10.2. The van der Waals surface area contributed by atoms with Crippen LogP contribution in [0.15, 0.2) is 63.9 Å². The highest BCUT2D eigenvalue weighted by Crippen LogP contribution is 2.23. The molecule has 0 spiro atoms. The molecule has 0 amide bonds. The Morgan fingerprint density at radius 3 is 2.29 bits per heavy atom. The molecule has 3 rings (SSSR count). The number of nitrogens with zero attached hydrogens (tertiary/aromatic N) is 3. The first-order valence-corrected chi connectivity index (χ1v) is 9.85. The molecule has 0 saturated carbocycles. The summed E-state index contributed by atoms with van der Waals surface area (Å²) in [5, 5.41) is 7.89. The summed E-state index contributed by atoms with van der Waals surface area (Å²) in [4.78, 5) is 12.4. The van der Waals surface area contributed by atoms with Crippen LogP contribution in [0.25, 0.3) is 11.5 Å². The second-order valence-corrected chi connectivity index (χ2v) is 8.32. The minimum absolute atomic E-state index is 0.0894. The lowest BCUT2D eigenvalue weighted by Crippen LogP contribution is -2.22. The van der Waals surface area contributed by atoms with E-state index in [1.807, 2.05) is 30.3 Å². The zero-order valence-electron chi connectivity index (χ0n) is 15.6. The van der Waals surface area contributed by atoms with E-state index in [1.54, 1.807) is 6.92 Å². The molecule has 0 fully saturated rings. The molecule has 0 aliphatic rings. The van der Waals surface area contributed by atoms with Crippen LogP contribution in [0.4, 0.5) is 0 Å². The minimum atomic E-state index is -3.56. The average Bonchev–Trinajstić information content (AvgIpc) is 3.19. The van der Waals surface area contributed by atoms with Crippen LogP contribution in [0.5, 0.6) is 0 Å². The zero-order valence-corrected chi connectivity index (χ0v) is 16.4. The van der Waals surface area contributed by atoms with Crippen molar-refractivity contribution in [2.45, 2.75) is 17.9 Å². The van der Waals surface area contributed by atoms with E-state index in [0.29, 0.717) is 5.89 Å². The van der Waals surface area contributed by atoms with E-state index in [1.165, 1.54) is 38.4 Å². The maximum Gasteiger partial charge on any atom is 0.338 e. The Bertz CT molecular complexity index is 1060. The van der Waals surface area contributed by atoms with Crippen LogP contribution in [0.2, 0.25) is 0 Å². The second-order valence-electron chi connectivity index (χ2n) is 6.17. The van der Waals surface area contributed by atoms with Crippen molar-refractivity contribution in [2.75, 3.05) is 14.1 Å². The molecule has 8 nitrogen and oxygen atoms in total. The van der Waals surface area contributed by atoms with Gasteiger partial charge in [0.1, 0.15) is 0 Å². The Kier molecular flexibility index (Phi) is 5.57. The summed E-state index contributed by atoms with van der Waals surface area (Å²) in [6.07, 6.45) is -0.761. The van der Waals surface area contributed by atoms with Crippen molar-refractivity contribution in [3.8, 4) is 11.5 Å². The number of carbonyl (C=O) groups is 1. The number of aromatic nitrogens is 2. The number of benzene rings is 2. The largest absolute Gasteiger partial charge is 0.449 e. The summed E-state index contributed by atoms with van der Waals surface area (Å²) in [7, 11) is -0.685. The Hall–Kier alpha value is -3.04. The van der Waals surface area contributed by atoms with Crippen molar-refractivity contribution in [1.82, 2.24) is 14.5 Å². The highest BCUT2D eigenvalue weighted by Gasteiger charge is 2.21. The van der Waals surface area contributed by atoms with Crippen LogP contribution in [0.1, 0.15) is 29.3 Å². The van der Waals surface area contributed by atoms with Crippen LogP contribution in [-0.4, -0.2) is 43.0 Å². The molecule has 1 heterocycles. The first kappa shape index (κ1) is 19.7. The van der Waals surface area contributed by atoms with E-state index in [2.05, 4.69) is 10.2 Å². The van der Waals surface area contributed by atoms with Crippen LogP contribution in [-0.2, 0) is 14.8 Å². The maximum absolute atomic E-state index is 12.3. The fourth-order valence-corrected chi connectivity index (χ4v) is 3.25. The molecule has 0 bridgehead atoms. The number of carbonyl (C=O) groups excluding carboxylic acids is 1. The molecule has 2 aromatic carbocycles. The van der Waals surface area contributed by atoms with Crippen LogP contribution in [0.3, 0.4) is 0 Å². The van der Waals surface area contributed by atoms with Crippen molar-refractivity contribution in [1.29, 1.82) is 0 Å². The quantitative estimate of drug-likeness (QED) is 0.585. The highest BCUT2D eigenvalue weighted by molar-refractivity contribution is 7.89. The fourth-order valence-electron chi connectivity index (χ4n) is 2.35. The fraction of sp³-hybridized carbons (Fsp3) is 0.211. The molecule has 28 heavy (non-hydrogen) atoms. The molecule has 0 aliphatic carbocycles. The van der Waals surface area contributed by atoms with Gasteiger partial charge < -0.3 is 9.15 Å². The molecule has 0 N–H and O–H groups in total. The van der Waals surface area contributed by atoms with Gasteiger partial charge in [-0.25, -0.2) is 17.5 Å². The van der Waals surface area contributed by atoms with Gasteiger partial charge in [-0.2, -0.15) is 0 Å². The molecule has 1 atom stereocenters. The van der Waals surface area contributed by atoms with Crippen molar-refractivity contribution in [3.05, 3.63) is 66.1 Å². The van der Waals surface area contributed by atoms with Crippen molar-refractivity contribution >= 4 is 16.0 Å². The van der Waals surface area contributed by atoms with Crippen LogP contribution >= 0.6 is 0 Å². The molecule has 9 heteroatoms. The summed E-state index contributed by atoms with van der Waals surface area (Å²) in [6.45, 7) is 1.62. The lowest BCUT2D eigenvalue weighted by Gasteiger charge is -2.12. The number of rotatable bonds is 6. The predicted molar refractivity (Wildman–Crippen MR) is 101 cm³/mol. The number of hydrogen-bond donors (Lipinski definition) is 0. The number of hydrogen-bond acceptors (Lipinski definition) is 7. The molecule has 0 aliphatic heterocycles. The van der Waals surface area contributed by atoms with Gasteiger partial charge in [-0.3, -0.25) is 0 Å². The monoisotopic (exact) mass is 401 g/mol. The third-order valence-electron chi connectivity index (χ3n) is 3.96. The molecule has 3 aromatic rings. The highest BCUT2D eigenvalue weighted by atomic mass is 32.2. The molecule has 0 unspecified atom stereocenters. The number of esters is 1. The maximum atomic E-state index is 12.3. The van der Waals surface area contributed by atoms with Crippen molar-refractivity contribution < 1.29 is 22.4 Å². The van der Waals surface area contributed by atoms with E-state index in [4.69, 9.17) is 9.15 Å². The van der Waals surface area contributed by atoms with E-state index >= 15 is 0 Å². The topological polar surface area (TPSA) is 103 Å². The van der Waals surface area contributed by atoms with Gasteiger partial charge in [0.2, 0.25) is 15.9 Å². The third kappa shape index (κ3) is 4.10. The SMILES string of the molecule is C[C@@H](OC(=O)c1ccc(S(=O)(=O)N(C)C)cc1)c1nnc(-c2ccccc2)o1. The smallest absolute Gasteiger partial charge is 0.338 e. The normalized spacial score (nSPS) is 12.7. The van der Waals surface area contributed by atoms with Gasteiger partial charge in [0.15, 0.2) is 6.10 Å². The van der Waals surface area contributed by atoms with Gasteiger partial charge in [0, 0.05) is 19.7 Å². The van der Waals surface area contributed by atoms with Gasteiger partial charge >= 0.3 is 5.97 Å². The molecule has 0 saturated heterocycles. The second kappa shape index (κ2) is 7.91. The predicted octanol–water partition coefficient (Wildman–Crippen LogP) is 2.90. The molecule has 0 radical (unpaired) electrons. The van der Waals surface area contributed by atoms with Gasteiger partial charge in [-0.15, -0.1) is 10.2 Å².